The first-order chi connectivity index (χ1) is 36.4. The van der Waals surface area contributed by atoms with Crippen LogP contribution in [0.2, 0.25) is 71.0 Å². The summed E-state index contributed by atoms with van der Waals surface area (Å²) in [6, 6.07) is -17.6. The molecule has 6 fully saturated rings. The van der Waals surface area contributed by atoms with E-state index in [1.807, 2.05) is 0 Å². The van der Waals surface area contributed by atoms with Gasteiger partial charge in [-0.25, -0.2) is 0 Å². The van der Waals surface area contributed by atoms with Gasteiger partial charge in [-0.15, -0.1) is 0 Å². The second-order valence-electron chi connectivity index (χ2n) is 20.6. The molecule has 8 unspecified atom stereocenters. The van der Waals surface area contributed by atoms with Crippen molar-refractivity contribution in [3.05, 3.63) is 0 Å². The summed E-state index contributed by atoms with van der Waals surface area (Å²) in [5.74, 6) is -41.5. The van der Waals surface area contributed by atoms with Gasteiger partial charge in [-0.2, -0.15) is 149 Å². The lowest BCUT2D eigenvalue weighted by atomic mass is 9.93. The van der Waals surface area contributed by atoms with E-state index in [9.17, 15) is 132 Å². The first kappa shape index (κ1) is 72.8. The smallest absolute Gasteiger partial charge is 0.415 e. The van der Waals surface area contributed by atoms with Crippen LogP contribution < -0.4 is 0 Å². The minimum atomic E-state index is -8.68. The van der Waals surface area contributed by atoms with Gasteiger partial charge < -0.3 is 32.9 Å². The molecule has 0 N–H and O–H groups in total. The monoisotopic (exact) mass is 1430 g/mol. The molecule has 6 rings (SSSR count). The topological polar surface area (TPSA) is 73.8 Å². The zero-order valence-electron chi connectivity index (χ0n) is 40.8. The van der Waals surface area contributed by atoms with E-state index in [1.54, 1.807) is 0 Å². The van der Waals surface area contributed by atoms with Gasteiger partial charge in [-0.05, 0) is 48.4 Å². The quantitative estimate of drug-likeness (QED) is 0.0831. The second kappa shape index (κ2) is 22.2. The molecule has 8 atom stereocenters. The van der Waals surface area contributed by atoms with Gasteiger partial charge in [-0.3, -0.25) is 0 Å². The summed E-state index contributed by atoms with van der Waals surface area (Å²) in [6.45, 7) is 0. The van der Waals surface area contributed by atoms with E-state index in [4.69, 9.17) is 32.9 Å². The van der Waals surface area contributed by atoms with Crippen LogP contribution in [0.4, 0.5) is 149 Å². The normalized spacial score (nSPS) is 33.0. The molecule has 6 saturated heterocycles. The minimum absolute atomic E-state index is 1.98. The molecule has 0 aromatic carbocycles. The van der Waals surface area contributed by atoms with Crippen molar-refractivity contribution in [1.29, 1.82) is 0 Å². The zero-order valence-corrected chi connectivity index (χ0v) is 48.8. The maximum absolute atomic E-state index is 16.1. The third kappa shape index (κ3) is 17.1. The van der Waals surface area contributed by atoms with Crippen molar-refractivity contribution < 1.29 is 182 Å². The summed E-state index contributed by atoms with van der Waals surface area (Å²) in [7, 11) is -52.3. The highest BCUT2D eigenvalue weighted by Gasteiger charge is 2.91. The highest BCUT2D eigenvalue weighted by molar-refractivity contribution is 7.13. The standard InChI is InChI=1S/C33H40F34O8Si8/c34-21(35,29(57,58)30(59,60)31(61,62)32(63,64)33(65,66)67)1-9-76-17-77(10-2-22(36,37)38)70-80(13-5-25(45,46)47)18-78(68-76,11-3-23(39,40)41)72-81(14-6-26(48,49)50)19-79(69-76,12-4-24(42,43)44)73-82(71-77,15-7-27(51,52)53)20-83(74-80,75-81)16-8-28(54,55)56/h1-20H2. The Balaban J connectivity index is 2.03. The van der Waals surface area contributed by atoms with E-state index < -0.39 is 270 Å². The molecule has 0 aromatic rings. The van der Waals surface area contributed by atoms with Crippen molar-refractivity contribution in [3.8, 4) is 0 Å². The van der Waals surface area contributed by atoms with Gasteiger partial charge in [0, 0.05) is 74.0 Å². The van der Waals surface area contributed by atoms with Crippen LogP contribution in [0.15, 0.2) is 0 Å². The van der Waals surface area contributed by atoms with E-state index >= 15 is 17.6 Å². The Kier molecular flexibility index (Phi) is 19.4. The van der Waals surface area contributed by atoms with Gasteiger partial charge in [0.1, 0.15) is 0 Å². The first-order valence-electron chi connectivity index (χ1n) is 23.4. The molecule has 0 radical (unpaired) electrons. The third-order valence-electron chi connectivity index (χ3n) is 13.5. The number of hydrogen-bond donors (Lipinski definition) is 0. The molecular formula is C33H40F34O8Si8. The molecule has 0 spiro atoms. The Labute approximate surface area is 451 Å². The van der Waals surface area contributed by atoms with E-state index in [1.165, 1.54) is 0 Å². The summed E-state index contributed by atoms with van der Waals surface area (Å²) < 4.78 is 541. The Morgan fingerprint density at radius 1 is 0.193 bits per heavy atom. The van der Waals surface area contributed by atoms with Crippen molar-refractivity contribution in [2.45, 2.75) is 201 Å². The lowest BCUT2D eigenvalue weighted by molar-refractivity contribution is -0.440. The number of rotatable bonds is 21. The summed E-state index contributed by atoms with van der Waals surface area (Å²) in [4.78, 5) is 0. The zero-order chi connectivity index (χ0) is 64.3. The SMILES string of the molecule is FC(F)(F)CC[Si]12C[Si]3(CCC(F)(F)F)O[Si]4(CCC(F)(F)F)C[Si]5(CCC(F)(F)F)O[Si](CCC(F)(F)F)(C[Si](CCC(F)(F)F)(O1)O4)O[Si](CCC(F)(F)F)(C[Si](CCC(F)(F)C(F)(F)C(F)(F)C(F)(F)C(F)(F)C(F)(F)F)(O3)O5)O2. The van der Waals surface area contributed by atoms with Crippen molar-refractivity contribution in [2.75, 3.05) is 0 Å². The Morgan fingerprint density at radius 3 is 0.482 bits per heavy atom. The van der Waals surface area contributed by atoms with Crippen LogP contribution in [0.3, 0.4) is 0 Å². The summed E-state index contributed by atoms with van der Waals surface area (Å²) in [6.07, 6.45) is -69.5. The molecule has 6 heterocycles. The fourth-order valence-electron chi connectivity index (χ4n) is 10.3. The van der Waals surface area contributed by atoms with Crippen LogP contribution >= 0.6 is 0 Å². The molecule has 0 saturated carbocycles. The molecule has 8 nitrogen and oxygen atoms in total. The number of alkyl halides is 34. The van der Waals surface area contributed by atoms with E-state index in [0.29, 0.717) is 0 Å². The van der Waals surface area contributed by atoms with Crippen LogP contribution in [0.1, 0.15) is 51.4 Å². The summed E-state index contributed by atoms with van der Waals surface area (Å²) >= 11 is 0. The van der Waals surface area contributed by atoms with E-state index in [0.717, 1.165) is 0 Å². The minimum Gasteiger partial charge on any atom is -0.415 e. The lowest BCUT2D eigenvalue weighted by Gasteiger charge is -2.66. The van der Waals surface area contributed by atoms with Crippen LogP contribution in [0.25, 0.3) is 0 Å². The third-order valence-corrected chi connectivity index (χ3v) is 62.6. The van der Waals surface area contributed by atoms with Crippen molar-refractivity contribution >= 4 is 68.5 Å². The van der Waals surface area contributed by atoms with Gasteiger partial charge >= 0.3 is 148 Å². The molecule has 6 aliphatic rings. The maximum atomic E-state index is 16.1. The first-order valence-corrected chi connectivity index (χ1v) is 41.3. The Bertz CT molecular complexity index is 2080. The molecule has 8 bridgehead atoms. The van der Waals surface area contributed by atoms with Crippen LogP contribution in [0.5, 0.6) is 0 Å². The van der Waals surface area contributed by atoms with Crippen LogP contribution in [0, 0.1) is 0 Å². The van der Waals surface area contributed by atoms with E-state index in [2.05, 4.69) is 0 Å². The van der Waals surface area contributed by atoms with Gasteiger partial charge in [-0.1, -0.05) is 0 Å². The van der Waals surface area contributed by atoms with Gasteiger partial charge in [0.05, 0.1) is 0 Å². The fourth-order valence-corrected chi connectivity index (χ4v) is 82.0. The van der Waals surface area contributed by atoms with E-state index in [-0.39, 0.29) is 0 Å². The Morgan fingerprint density at radius 2 is 0.337 bits per heavy atom. The van der Waals surface area contributed by atoms with Crippen LogP contribution in [-0.4, -0.2) is 148 Å². The Hall–Kier alpha value is -0.965. The van der Waals surface area contributed by atoms with Gasteiger partial charge in [0.25, 0.3) is 0 Å². The fraction of sp³-hybridized carbons (Fsp3) is 1.00. The van der Waals surface area contributed by atoms with Crippen molar-refractivity contribution in [2.24, 2.45) is 0 Å². The molecule has 83 heavy (non-hydrogen) atoms. The highest BCUT2D eigenvalue weighted by atomic mass is 28.6. The molecule has 0 aromatic heterocycles. The molecule has 50 heteroatoms. The summed E-state index contributed by atoms with van der Waals surface area (Å²) in [5.41, 5.74) is -8.71. The predicted octanol–water partition coefficient (Wildman–Crippen LogP) is 16.7. The number of halogens is 34. The average Bonchev–Trinajstić information content (AvgIpc) is 1.52. The second-order valence-corrected chi connectivity index (χ2v) is 51.4. The molecule has 0 aliphatic carbocycles. The molecule has 6 aliphatic heterocycles. The largest absolute Gasteiger partial charge is 0.460 e. The maximum Gasteiger partial charge on any atom is 0.460 e. The van der Waals surface area contributed by atoms with Crippen molar-refractivity contribution in [1.82, 2.24) is 0 Å². The number of hydrogen-bond acceptors (Lipinski definition) is 8. The van der Waals surface area contributed by atoms with Gasteiger partial charge in [0.2, 0.25) is 0 Å². The molecule has 0 amide bonds. The predicted molar refractivity (Wildman–Crippen MR) is 223 cm³/mol. The average molecular weight is 1440 g/mol. The lowest BCUT2D eigenvalue weighted by Crippen LogP contribution is -2.85. The molecular weight excluding hydrogens is 1390 g/mol. The van der Waals surface area contributed by atoms with Crippen LogP contribution in [-0.2, 0) is 32.9 Å². The summed E-state index contributed by atoms with van der Waals surface area (Å²) in [5, 5.41) is 0. The van der Waals surface area contributed by atoms with Crippen molar-refractivity contribution in [3.63, 3.8) is 0 Å². The van der Waals surface area contributed by atoms with Gasteiger partial charge in [0.15, 0.2) is 0 Å². The molecule has 490 valence electrons. The highest BCUT2D eigenvalue weighted by Crippen LogP contribution is 2.64.